The summed E-state index contributed by atoms with van der Waals surface area (Å²) in [5, 5.41) is 6.37. The van der Waals surface area contributed by atoms with E-state index < -0.39 is 12.1 Å². The summed E-state index contributed by atoms with van der Waals surface area (Å²) in [6.07, 6.45) is 5.45. The highest BCUT2D eigenvalue weighted by Gasteiger charge is 2.32. The van der Waals surface area contributed by atoms with Crippen LogP contribution in [0.2, 0.25) is 0 Å². The van der Waals surface area contributed by atoms with E-state index in [1.54, 1.807) is 33.5 Å². The molecule has 2 N–H and O–H groups in total. The normalized spacial score (nSPS) is 16.7. The van der Waals surface area contributed by atoms with Gasteiger partial charge in [0.05, 0.1) is 33.1 Å². The lowest BCUT2D eigenvalue weighted by atomic mass is 9.95. The van der Waals surface area contributed by atoms with Crippen LogP contribution in [0.1, 0.15) is 49.9 Å². The standard InChI is InChI=1S/C39H48N4O6/c1-25(2)36(39(46)43-21-19-42(20-22-43)18-10-13-27-11-8-7-9-12-27)41-32-17-15-29-30(24-33(32)45)31(40-26(3)44)16-14-28-23-34(47-4)37(48-5)38(49-6)35(28)29/h7-13,15,17,23-25,31,36H,14,16,18-22H2,1-6H3,(H,40,44)(H,41,45)/b13-10+. The SMILES string of the molecule is COc1cc2c(c(OC)c1OC)-c1ccc(NC(C(=O)N3CCN(C/C=C/c4ccccc4)CC3)C(C)C)c(=O)cc1C(NC(C)=O)CC2. The van der Waals surface area contributed by atoms with Crippen LogP contribution in [0.5, 0.6) is 17.2 Å². The Kier molecular flexibility index (Phi) is 11.6. The number of nitrogens with one attached hydrogen (secondary N) is 2. The fourth-order valence-corrected chi connectivity index (χ4v) is 6.76. The van der Waals surface area contributed by atoms with Crippen molar-refractivity contribution in [3.05, 3.63) is 87.6 Å². The van der Waals surface area contributed by atoms with Crippen molar-refractivity contribution >= 4 is 23.6 Å². The number of fused-ring (bicyclic) bond motifs is 3. The first-order chi connectivity index (χ1) is 23.6. The Hall–Kier alpha value is -4.83. The summed E-state index contributed by atoms with van der Waals surface area (Å²) in [6, 6.07) is 16.3. The molecule has 2 amide bonds. The minimum Gasteiger partial charge on any atom is -0.493 e. The van der Waals surface area contributed by atoms with E-state index in [1.807, 2.05) is 49.1 Å². The molecule has 0 radical (unpaired) electrons. The molecule has 0 bridgehead atoms. The van der Waals surface area contributed by atoms with Gasteiger partial charge in [-0.2, -0.15) is 0 Å². The number of ether oxygens (including phenoxy) is 3. The number of hydrogen-bond acceptors (Lipinski definition) is 8. The molecule has 2 unspecified atom stereocenters. The molecule has 0 aromatic heterocycles. The summed E-state index contributed by atoms with van der Waals surface area (Å²) in [6.45, 7) is 9.03. The van der Waals surface area contributed by atoms with Gasteiger partial charge in [0.15, 0.2) is 11.5 Å². The summed E-state index contributed by atoms with van der Waals surface area (Å²) >= 11 is 0. The number of amides is 2. The van der Waals surface area contributed by atoms with Gasteiger partial charge in [-0.05, 0) is 59.2 Å². The van der Waals surface area contributed by atoms with Gasteiger partial charge in [-0.15, -0.1) is 0 Å². The Morgan fingerprint density at radius 3 is 2.29 bits per heavy atom. The maximum atomic E-state index is 13.9. The second-order valence-electron chi connectivity index (χ2n) is 12.9. The number of nitrogens with zero attached hydrogens (tertiary/aromatic N) is 2. The zero-order chi connectivity index (χ0) is 35.1. The lowest BCUT2D eigenvalue weighted by Gasteiger charge is -2.37. The van der Waals surface area contributed by atoms with Crippen molar-refractivity contribution in [2.45, 2.75) is 45.7 Å². The van der Waals surface area contributed by atoms with Crippen molar-refractivity contribution in [2.24, 2.45) is 5.92 Å². The number of carbonyl (C=O) groups is 2. The first-order valence-corrected chi connectivity index (χ1v) is 16.9. The molecule has 10 heteroatoms. The summed E-state index contributed by atoms with van der Waals surface area (Å²) in [5.41, 5.74) is 4.33. The molecular formula is C39H48N4O6. The summed E-state index contributed by atoms with van der Waals surface area (Å²) in [7, 11) is 4.70. The fraction of sp³-hybridized carbons (Fsp3) is 0.410. The van der Waals surface area contributed by atoms with E-state index in [-0.39, 0.29) is 23.2 Å². The van der Waals surface area contributed by atoms with E-state index in [0.29, 0.717) is 54.4 Å². The van der Waals surface area contributed by atoms with Gasteiger partial charge in [0.2, 0.25) is 23.0 Å². The molecule has 2 atom stereocenters. The number of rotatable bonds is 11. The number of benzene rings is 2. The van der Waals surface area contributed by atoms with Crippen LogP contribution in [0.3, 0.4) is 0 Å². The van der Waals surface area contributed by atoms with Crippen molar-refractivity contribution in [1.29, 1.82) is 0 Å². The zero-order valence-corrected chi connectivity index (χ0v) is 29.4. The number of hydrogen-bond donors (Lipinski definition) is 2. The third-order valence-corrected chi connectivity index (χ3v) is 9.32. The highest BCUT2D eigenvalue weighted by Crippen LogP contribution is 2.50. The van der Waals surface area contributed by atoms with Crippen LogP contribution in [0.25, 0.3) is 17.2 Å². The Morgan fingerprint density at radius 1 is 0.939 bits per heavy atom. The summed E-state index contributed by atoms with van der Waals surface area (Å²) < 4.78 is 17.2. The predicted molar refractivity (Wildman–Crippen MR) is 193 cm³/mol. The topological polar surface area (TPSA) is 109 Å². The van der Waals surface area contributed by atoms with Gasteiger partial charge in [0.1, 0.15) is 6.04 Å². The lowest BCUT2D eigenvalue weighted by molar-refractivity contribution is -0.134. The first kappa shape index (κ1) is 35.5. The van der Waals surface area contributed by atoms with E-state index in [1.165, 1.54) is 12.5 Å². The molecule has 260 valence electrons. The fourth-order valence-electron chi connectivity index (χ4n) is 6.76. The molecule has 0 saturated carbocycles. The molecule has 2 aliphatic rings. The summed E-state index contributed by atoms with van der Waals surface area (Å²) in [5.74, 6) is 1.16. The number of methoxy groups -OCH3 is 3. The van der Waals surface area contributed by atoms with E-state index in [4.69, 9.17) is 14.2 Å². The molecule has 1 fully saturated rings. The molecule has 1 aliphatic heterocycles. The molecule has 3 aromatic carbocycles. The Labute approximate surface area is 289 Å². The highest BCUT2D eigenvalue weighted by atomic mass is 16.5. The second kappa shape index (κ2) is 16.0. The lowest BCUT2D eigenvalue weighted by Crippen LogP contribution is -2.54. The van der Waals surface area contributed by atoms with Crippen LogP contribution >= 0.6 is 0 Å². The predicted octanol–water partition coefficient (Wildman–Crippen LogP) is 5.16. The largest absolute Gasteiger partial charge is 0.493 e. The van der Waals surface area contributed by atoms with Crippen LogP contribution in [0.15, 0.2) is 65.5 Å². The third kappa shape index (κ3) is 8.08. The van der Waals surface area contributed by atoms with Gasteiger partial charge < -0.3 is 29.7 Å². The van der Waals surface area contributed by atoms with Crippen LogP contribution in [-0.4, -0.2) is 81.7 Å². The molecule has 49 heavy (non-hydrogen) atoms. The third-order valence-electron chi connectivity index (χ3n) is 9.32. The van der Waals surface area contributed by atoms with Crippen molar-refractivity contribution in [1.82, 2.24) is 15.1 Å². The van der Waals surface area contributed by atoms with E-state index in [0.717, 1.165) is 36.3 Å². The maximum absolute atomic E-state index is 13.9. The number of carbonyl (C=O) groups excluding carboxylic acids is 2. The molecule has 0 spiro atoms. The molecular weight excluding hydrogens is 620 g/mol. The van der Waals surface area contributed by atoms with Gasteiger partial charge in [-0.25, -0.2) is 0 Å². The van der Waals surface area contributed by atoms with Gasteiger partial charge in [0, 0.05) is 45.2 Å². The van der Waals surface area contributed by atoms with Crippen LogP contribution in [0, 0.1) is 5.92 Å². The minimum absolute atomic E-state index is 0.0260. The minimum atomic E-state index is -0.600. The summed E-state index contributed by atoms with van der Waals surface area (Å²) in [4.78, 5) is 44.4. The highest BCUT2D eigenvalue weighted by molar-refractivity contribution is 5.86. The first-order valence-electron chi connectivity index (χ1n) is 16.9. The Bertz CT molecular complexity index is 1730. The molecule has 10 nitrogen and oxygen atoms in total. The quantitative estimate of drug-likeness (QED) is 0.289. The average molecular weight is 669 g/mol. The van der Waals surface area contributed by atoms with E-state index in [9.17, 15) is 14.4 Å². The zero-order valence-electron chi connectivity index (χ0n) is 29.4. The molecule has 5 rings (SSSR count). The molecule has 3 aromatic rings. The number of aryl methyl sites for hydroxylation is 1. The average Bonchev–Trinajstić information content (AvgIpc) is 3.34. The maximum Gasteiger partial charge on any atom is 0.245 e. The van der Waals surface area contributed by atoms with Gasteiger partial charge in [0.25, 0.3) is 0 Å². The monoisotopic (exact) mass is 668 g/mol. The van der Waals surface area contributed by atoms with Gasteiger partial charge in [-0.3, -0.25) is 19.3 Å². The van der Waals surface area contributed by atoms with Crippen molar-refractivity contribution < 1.29 is 23.8 Å². The molecule has 1 aliphatic carbocycles. The second-order valence-corrected chi connectivity index (χ2v) is 12.9. The number of piperazine rings is 1. The van der Waals surface area contributed by atoms with Crippen LogP contribution in [0.4, 0.5) is 5.69 Å². The van der Waals surface area contributed by atoms with Gasteiger partial charge >= 0.3 is 0 Å². The number of anilines is 1. The van der Waals surface area contributed by atoms with Crippen molar-refractivity contribution in [3.8, 4) is 28.4 Å². The van der Waals surface area contributed by atoms with E-state index in [2.05, 4.69) is 39.8 Å². The Balaban J connectivity index is 1.42. The van der Waals surface area contributed by atoms with Crippen LogP contribution < -0.4 is 30.3 Å². The smallest absolute Gasteiger partial charge is 0.245 e. The van der Waals surface area contributed by atoms with Crippen LogP contribution in [-0.2, 0) is 16.0 Å². The van der Waals surface area contributed by atoms with E-state index >= 15 is 0 Å². The Morgan fingerprint density at radius 2 is 1.65 bits per heavy atom. The molecule has 1 saturated heterocycles. The van der Waals surface area contributed by atoms with Gasteiger partial charge in [-0.1, -0.05) is 62.4 Å². The van der Waals surface area contributed by atoms with Crippen molar-refractivity contribution in [3.63, 3.8) is 0 Å². The molecule has 1 heterocycles. The van der Waals surface area contributed by atoms with Crippen molar-refractivity contribution in [2.75, 3.05) is 59.4 Å².